The summed E-state index contributed by atoms with van der Waals surface area (Å²) < 4.78 is 5.51. The molecule has 6 atom stereocenters. The number of fused-ring (bicyclic) bond motifs is 2. The Kier molecular flexibility index (Phi) is 6.12. The first-order valence-corrected chi connectivity index (χ1v) is 12.8. The molecule has 3 aliphatic heterocycles. The summed E-state index contributed by atoms with van der Waals surface area (Å²) in [5, 5.41) is 20.9. The van der Waals surface area contributed by atoms with E-state index in [1.165, 1.54) is 0 Å². The molecule has 0 aromatic carbocycles. The van der Waals surface area contributed by atoms with Gasteiger partial charge in [0.1, 0.15) is 11.9 Å². The first kappa shape index (κ1) is 24.8. The Morgan fingerprint density at radius 3 is 2.81 bits per heavy atom. The van der Waals surface area contributed by atoms with Gasteiger partial charge in [0.2, 0.25) is 5.91 Å². The van der Waals surface area contributed by atoms with Gasteiger partial charge in [0.05, 0.1) is 24.8 Å². The summed E-state index contributed by atoms with van der Waals surface area (Å²) in [5.41, 5.74) is 1.77. The number of esters is 1. The molecular formula is C29H36N2O5. The highest BCUT2D eigenvalue weighted by Gasteiger charge is 2.57. The maximum Gasteiger partial charge on any atom is 0.343 e. The number of likely N-dealkylation sites (N-methyl/N-ethyl adjacent to an activating group) is 1. The van der Waals surface area contributed by atoms with Crippen molar-refractivity contribution in [2.45, 2.75) is 51.8 Å². The van der Waals surface area contributed by atoms with Crippen LogP contribution in [0.5, 0.6) is 0 Å². The van der Waals surface area contributed by atoms with Crippen LogP contribution in [0.2, 0.25) is 0 Å². The fraction of sp³-hybridized carbons (Fsp3) is 0.517. The van der Waals surface area contributed by atoms with Crippen LogP contribution in [0.4, 0.5) is 0 Å². The van der Waals surface area contributed by atoms with E-state index in [0.717, 1.165) is 30.4 Å². The van der Waals surface area contributed by atoms with Gasteiger partial charge in [-0.25, -0.2) is 4.79 Å². The molecule has 2 saturated carbocycles. The van der Waals surface area contributed by atoms with Gasteiger partial charge in [-0.15, -0.1) is 0 Å². The number of nitrogens with zero attached hydrogens (tertiary/aromatic N) is 2. The Hall–Kier alpha value is -2.90. The highest BCUT2D eigenvalue weighted by atomic mass is 16.5. The average Bonchev–Trinajstić information content (AvgIpc) is 3.33. The predicted molar refractivity (Wildman–Crippen MR) is 136 cm³/mol. The molecule has 1 saturated heterocycles. The predicted octanol–water partition coefficient (Wildman–Crippen LogP) is 3.21. The van der Waals surface area contributed by atoms with Gasteiger partial charge >= 0.3 is 5.97 Å². The van der Waals surface area contributed by atoms with Crippen molar-refractivity contribution in [1.29, 1.82) is 0 Å². The molecular weight excluding hydrogens is 456 g/mol. The van der Waals surface area contributed by atoms with Gasteiger partial charge in [-0.1, -0.05) is 44.2 Å². The molecule has 2 N–H and O–H groups in total. The van der Waals surface area contributed by atoms with Crippen molar-refractivity contribution in [1.82, 2.24) is 9.80 Å². The molecule has 3 heterocycles. The molecule has 0 spiro atoms. The van der Waals surface area contributed by atoms with E-state index in [9.17, 15) is 19.8 Å². The average molecular weight is 493 g/mol. The van der Waals surface area contributed by atoms with E-state index >= 15 is 0 Å². The van der Waals surface area contributed by atoms with Crippen molar-refractivity contribution in [3.8, 4) is 0 Å². The minimum absolute atomic E-state index is 0.0435. The van der Waals surface area contributed by atoms with Crippen molar-refractivity contribution in [2.24, 2.45) is 22.7 Å². The lowest BCUT2D eigenvalue weighted by Gasteiger charge is -2.59. The highest BCUT2D eigenvalue weighted by molar-refractivity contribution is 5.95. The fourth-order valence-electron chi connectivity index (χ4n) is 7.06. The minimum Gasteiger partial charge on any atom is -0.423 e. The zero-order chi connectivity index (χ0) is 25.8. The number of carbonyl (C=O) groups excluding carboxylic acids is 2. The topological polar surface area (TPSA) is 90.3 Å². The van der Waals surface area contributed by atoms with Crippen molar-refractivity contribution in [3.63, 3.8) is 0 Å². The van der Waals surface area contributed by atoms with Gasteiger partial charge in [0.15, 0.2) is 0 Å². The molecule has 1 amide bonds. The number of cyclic esters (lactones) is 1. The van der Waals surface area contributed by atoms with Crippen LogP contribution in [-0.2, 0) is 14.3 Å². The first-order chi connectivity index (χ1) is 17.1. The molecule has 36 heavy (non-hydrogen) atoms. The lowest BCUT2D eigenvalue weighted by Crippen LogP contribution is -2.57. The van der Waals surface area contributed by atoms with Gasteiger partial charge in [0.25, 0.3) is 0 Å². The molecule has 5 rings (SSSR count). The molecule has 3 fully saturated rings. The van der Waals surface area contributed by atoms with Crippen LogP contribution in [0.25, 0.3) is 0 Å². The fourth-order valence-corrected chi connectivity index (χ4v) is 7.06. The maximum atomic E-state index is 12.6. The van der Waals surface area contributed by atoms with E-state index in [1.807, 2.05) is 36.3 Å². The van der Waals surface area contributed by atoms with E-state index in [0.29, 0.717) is 24.3 Å². The molecule has 0 bridgehead atoms. The Morgan fingerprint density at radius 1 is 1.28 bits per heavy atom. The SMILES string of the molecule is C=C1CCC2[C@](C)(CC[C@@H](O)[C@@]2(C)CO)C1/C=C/C1=CC(=C\C2=CN3CC(=O)N(C)C3C=C2)/OC1=O. The van der Waals surface area contributed by atoms with Gasteiger partial charge in [-0.05, 0) is 60.8 Å². The molecule has 3 unspecified atom stereocenters. The Labute approximate surface area is 212 Å². The summed E-state index contributed by atoms with van der Waals surface area (Å²) in [7, 11) is 1.79. The maximum absolute atomic E-state index is 12.6. The molecule has 7 heteroatoms. The third kappa shape index (κ3) is 3.89. The number of carbonyl (C=O) groups is 2. The summed E-state index contributed by atoms with van der Waals surface area (Å²) in [4.78, 5) is 28.3. The quantitative estimate of drug-likeness (QED) is 0.463. The number of hydrogen-bond donors (Lipinski definition) is 2. The van der Waals surface area contributed by atoms with E-state index in [4.69, 9.17) is 4.74 Å². The van der Waals surface area contributed by atoms with Crippen LogP contribution < -0.4 is 0 Å². The van der Waals surface area contributed by atoms with Gasteiger partial charge in [-0.3, -0.25) is 4.79 Å². The third-order valence-corrected chi connectivity index (χ3v) is 9.30. The smallest absolute Gasteiger partial charge is 0.343 e. The second kappa shape index (κ2) is 8.89. The highest BCUT2D eigenvalue weighted by Crippen LogP contribution is 2.61. The lowest BCUT2D eigenvalue weighted by molar-refractivity contribution is -0.145. The summed E-state index contributed by atoms with van der Waals surface area (Å²) >= 11 is 0. The van der Waals surface area contributed by atoms with Crippen molar-refractivity contribution in [3.05, 3.63) is 71.7 Å². The zero-order valence-corrected chi connectivity index (χ0v) is 21.3. The molecule has 0 radical (unpaired) electrons. The standard InChI is InChI=1S/C29H36N2O5/c1-18-5-9-23-28(2,12-11-24(33)29(23,3)17-32)22(18)8-7-20-14-21(36-27(20)35)13-19-6-10-25-30(4)26(34)16-31(25)15-19/h6-8,10,13-15,22-25,32-33H,1,5,9,11-12,16-17H2,2-4H3/b8-7+,21-13+/t22?,23?,24-,25?,28-,29+/m1/s1. The first-order valence-electron chi connectivity index (χ1n) is 12.8. The van der Waals surface area contributed by atoms with Crippen molar-refractivity contribution in [2.75, 3.05) is 20.2 Å². The Balaban J connectivity index is 1.36. The van der Waals surface area contributed by atoms with Crippen LogP contribution in [-0.4, -0.2) is 64.4 Å². The number of aliphatic hydroxyl groups is 2. The van der Waals surface area contributed by atoms with Gasteiger partial charge < -0.3 is 24.7 Å². The molecule has 7 nitrogen and oxygen atoms in total. The molecule has 2 aliphatic carbocycles. The lowest BCUT2D eigenvalue weighted by atomic mass is 9.46. The van der Waals surface area contributed by atoms with Gasteiger partial charge in [-0.2, -0.15) is 0 Å². The summed E-state index contributed by atoms with van der Waals surface area (Å²) in [6, 6.07) is 0. The third-order valence-electron chi connectivity index (χ3n) is 9.30. The van der Waals surface area contributed by atoms with E-state index in [1.54, 1.807) is 24.1 Å². The number of amides is 1. The van der Waals surface area contributed by atoms with E-state index in [-0.39, 0.29) is 35.9 Å². The number of aliphatic hydroxyl groups excluding tert-OH is 2. The second-order valence-electron chi connectivity index (χ2n) is 11.4. The molecule has 0 aromatic rings. The summed E-state index contributed by atoms with van der Waals surface area (Å²) in [6.07, 6.45) is 15.9. The number of rotatable bonds is 4. The van der Waals surface area contributed by atoms with Crippen LogP contribution in [0, 0.1) is 22.7 Å². The largest absolute Gasteiger partial charge is 0.423 e. The monoisotopic (exact) mass is 492 g/mol. The van der Waals surface area contributed by atoms with Crippen LogP contribution in [0.3, 0.4) is 0 Å². The zero-order valence-electron chi connectivity index (χ0n) is 21.3. The summed E-state index contributed by atoms with van der Waals surface area (Å²) in [5.74, 6) is 0.343. The van der Waals surface area contributed by atoms with E-state index < -0.39 is 17.5 Å². The Bertz CT molecular complexity index is 1150. The van der Waals surface area contributed by atoms with Crippen molar-refractivity contribution >= 4 is 11.9 Å². The molecule has 192 valence electrons. The second-order valence-corrected chi connectivity index (χ2v) is 11.4. The van der Waals surface area contributed by atoms with Crippen LogP contribution in [0.1, 0.15) is 39.5 Å². The van der Waals surface area contributed by atoms with E-state index in [2.05, 4.69) is 19.6 Å². The normalized spacial score (nSPS) is 39.5. The van der Waals surface area contributed by atoms with Crippen LogP contribution >= 0.6 is 0 Å². The Morgan fingerprint density at radius 2 is 2.06 bits per heavy atom. The summed E-state index contributed by atoms with van der Waals surface area (Å²) in [6.45, 7) is 8.86. The molecule has 5 aliphatic rings. The number of allylic oxidation sites excluding steroid dienone is 6. The minimum atomic E-state index is -0.545. The van der Waals surface area contributed by atoms with Gasteiger partial charge in [0, 0.05) is 24.6 Å². The van der Waals surface area contributed by atoms with Crippen molar-refractivity contribution < 1.29 is 24.5 Å². The number of hydrogen-bond acceptors (Lipinski definition) is 6. The number of ether oxygens (including phenoxy) is 1. The molecule has 0 aromatic heterocycles. The van der Waals surface area contributed by atoms with Crippen LogP contribution in [0.15, 0.2) is 71.7 Å².